The van der Waals surface area contributed by atoms with Crippen molar-refractivity contribution in [3.05, 3.63) is 12.7 Å². The molecule has 0 aliphatic carbocycles. The van der Waals surface area contributed by atoms with Gasteiger partial charge in [0.25, 0.3) is 0 Å². The van der Waals surface area contributed by atoms with Crippen molar-refractivity contribution in [3.8, 4) is 0 Å². The van der Waals surface area contributed by atoms with Crippen LogP contribution in [-0.4, -0.2) is 32.5 Å². The van der Waals surface area contributed by atoms with Gasteiger partial charge in [-0.15, -0.1) is 6.58 Å². The lowest BCUT2D eigenvalue weighted by molar-refractivity contribution is 0.0506. The van der Waals surface area contributed by atoms with Crippen LogP contribution in [-0.2, 0) is 4.74 Å². The van der Waals surface area contributed by atoms with Gasteiger partial charge in [-0.2, -0.15) is 0 Å². The Balaban J connectivity index is 3.48. The molecule has 1 unspecified atom stereocenters. The minimum Gasteiger partial charge on any atom is -0.393 e. The number of ether oxygens (including phenoxy) is 1. The Labute approximate surface area is 76.3 Å². The van der Waals surface area contributed by atoms with E-state index in [0.717, 1.165) is 12.7 Å². The predicted octanol–water partition coefficient (Wildman–Crippen LogP) is 1.89. The van der Waals surface area contributed by atoms with Crippen molar-refractivity contribution >= 4 is 8.07 Å². The molecule has 72 valence electrons. The summed E-state index contributed by atoms with van der Waals surface area (Å²) in [5.41, 5.74) is 0. The third kappa shape index (κ3) is 6.58. The molecule has 0 aliphatic rings. The summed E-state index contributed by atoms with van der Waals surface area (Å²) in [6.07, 6.45) is 1.46. The Morgan fingerprint density at radius 1 is 1.50 bits per heavy atom. The van der Waals surface area contributed by atoms with Crippen LogP contribution in [0.2, 0.25) is 25.7 Å². The summed E-state index contributed by atoms with van der Waals surface area (Å²) in [5, 5.41) is 8.77. The summed E-state index contributed by atoms with van der Waals surface area (Å²) in [6, 6.07) is 1.14. The normalized spacial score (nSPS) is 14.3. The van der Waals surface area contributed by atoms with Crippen molar-refractivity contribution in [3.63, 3.8) is 0 Å². The second kappa shape index (κ2) is 5.51. The third-order valence-electron chi connectivity index (χ3n) is 1.63. The molecular weight excluding hydrogens is 168 g/mol. The van der Waals surface area contributed by atoms with E-state index >= 15 is 0 Å². The van der Waals surface area contributed by atoms with Crippen LogP contribution in [0.25, 0.3) is 0 Å². The van der Waals surface area contributed by atoms with Crippen LogP contribution >= 0.6 is 0 Å². The Kier molecular flexibility index (Phi) is 5.45. The van der Waals surface area contributed by atoms with E-state index in [0.29, 0.717) is 0 Å². The van der Waals surface area contributed by atoms with Crippen molar-refractivity contribution in [2.75, 3.05) is 13.2 Å². The van der Waals surface area contributed by atoms with Crippen molar-refractivity contribution < 1.29 is 9.84 Å². The van der Waals surface area contributed by atoms with Crippen LogP contribution in [0, 0.1) is 0 Å². The van der Waals surface area contributed by atoms with Gasteiger partial charge in [0.2, 0.25) is 0 Å². The number of rotatable bonds is 6. The third-order valence-corrected chi connectivity index (χ3v) is 3.33. The maximum absolute atomic E-state index is 8.77. The summed E-state index contributed by atoms with van der Waals surface area (Å²) in [5.74, 6) is 0. The van der Waals surface area contributed by atoms with E-state index in [9.17, 15) is 0 Å². The second-order valence-corrected chi connectivity index (χ2v) is 9.76. The Morgan fingerprint density at radius 2 is 2.08 bits per heavy atom. The molecule has 1 N–H and O–H groups in total. The van der Waals surface area contributed by atoms with Gasteiger partial charge < -0.3 is 9.84 Å². The molecule has 0 saturated carbocycles. The minimum atomic E-state index is -0.990. The van der Waals surface area contributed by atoms with E-state index in [4.69, 9.17) is 9.84 Å². The molecule has 0 bridgehead atoms. The molecule has 1 atom stereocenters. The molecule has 0 aromatic carbocycles. The summed E-state index contributed by atoms with van der Waals surface area (Å²) >= 11 is 0. The van der Waals surface area contributed by atoms with Crippen LogP contribution in [0.15, 0.2) is 12.7 Å². The number of aliphatic hydroxyl groups is 1. The van der Waals surface area contributed by atoms with Crippen LogP contribution in [0.5, 0.6) is 0 Å². The largest absolute Gasteiger partial charge is 0.393 e. The van der Waals surface area contributed by atoms with Gasteiger partial charge in [0.15, 0.2) is 0 Å². The summed E-state index contributed by atoms with van der Waals surface area (Å²) in [7, 11) is -0.990. The monoisotopic (exact) mass is 188 g/mol. The molecule has 0 amide bonds. The maximum Gasteiger partial charge on any atom is 0.0983 e. The van der Waals surface area contributed by atoms with E-state index in [2.05, 4.69) is 26.2 Å². The Morgan fingerprint density at radius 3 is 2.42 bits per heavy atom. The smallest absolute Gasteiger partial charge is 0.0983 e. The van der Waals surface area contributed by atoms with Crippen molar-refractivity contribution in [1.29, 1.82) is 0 Å². The van der Waals surface area contributed by atoms with Gasteiger partial charge in [-0.1, -0.05) is 25.7 Å². The topological polar surface area (TPSA) is 29.5 Å². The van der Waals surface area contributed by atoms with Crippen LogP contribution in [0.4, 0.5) is 0 Å². The lowest BCUT2D eigenvalue weighted by Gasteiger charge is -2.17. The number of hydrogen-bond acceptors (Lipinski definition) is 2. The van der Waals surface area contributed by atoms with Gasteiger partial charge >= 0.3 is 0 Å². The van der Waals surface area contributed by atoms with Gasteiger partial charge in [-0.25, -0.2) is 0 Å². The standard InChI is InChI=1S/C9H20O2Si/c1-5-9(8-10)11-6-7-12(2,3)4/h5,9-10H,1,6-8H2,2-4H3. The Hall–Kier alpha value is -0.123. The van der Waals surface area contributed by atoms with E-state index in [-0.39, 0.29) is 12.7 Å². The van der Waals surface area contributed by atoms with Gasteiger partial charge in [-0.3, -0.25) is 0 Å². The maximum atomic E-state index is 8.77. The fourth-order valence-corrected chi connectivity index (χ4v) is 1.44. The van der Waals surface area contributed by atoms with Crippen LogP contribution < -0.4 is 0 Å². The van der Waals surface area contributed by atoms with Crippen molar-refractivity contribution in [1.82, 2.24) is 0 Å². The lowest BCUT2D eigenvalue weighted by Crippen LogP contribution is -2.24. The van der Waals surface area contributed by atoms with E-state index in [1.165, 1.54) is 0 Å². The highest BCUT2D eigenvalue weighted by Gasteiger charge is 2.13. The highest BCUT2D eigenvalue weighted by Crippen LogP contribution is 2.08. The fraction of sp³-hybridized carbons (Fsp3) is 0.778. The first-order valence-corrected chi connectivity index (χ1v) is 8.05. The van der Waals surface area contributed by atoms with Gasteiger partial charge in [-0.05, 0) is 6.04 Å². The molecule has 0 heterocycles. The first kappa shape index (κ1) is 11.9. The predicted molar refractivity (Wildman–Crippen MR) is 55.2 cm³/mol. The zero-order chi connectivity index (χ0) is 9.61. The van der Waals surface area contributed by atoms with Gasteiger partial charge in [0.1, 0.15) is 0 Å². The molecule has 12 heavy (non-hydrogen) atoms. The first-order valence-electron chi connectivity index (χ1n) is 4.34. The van der Waals surface area contributed by atoms with Gasteiger partial charge in [0.05, 0.1) is 12.7 Å². The van der Waals surface area contributed by atoms with Crippen LogP contribution in [0.3, 0.4) is 0 Å². The molecule has 2 nitrogen and oxygen atoms in total. The molecule has 0 saturated heterocycles. The average molecular weight is 188 g/mol. The average Bonchev–Trinajstić information content (AvgIpc) is 1.96. The van der Waals surface area contributed by atoms with E-state index in [1.807, 2.05) is 0 Å². The molecule has 0 aromatic heterocycles. The second-order valence-electron chi connectivity index (χ2n) is 4.14. The first-order chi connectivity index (χ1) is 5.49. The summed E-state index contributed by atoms with van der Waals surface area (Å²) in [4.78, 5) is 0. The van der Waals surface area contributed by atoms with E-state index < -0.39 is 8.07 Å². The quantitative estimate of drug-likeness (QED) is 0.509. The van der Waals surface area contributed by atoms with Crippen molar-refractivity contribution in [2.45, 2.75) is 31.8 Å². The van der Waals surface area contributed by atoms with Crippen molar-refractivity contribution in [2.24, 2.45) is 0 Å². The lowest BCUT2D eigenvalue weighted by atomic mass is 10.4. The molecule has 0 rings (SSSR count). The molecule has 0 fully saturated rings. The molecular formula is C9H20O2Si. The summed E-state index contributed by atoms with van der Waals surface area (Å²) < 4.78 is 5.38. The van der Waals surface area contributed by atoms with E-state index in [1.54, 1.807) is 6.08 Å². The SMILES string of the molecule is C=CC(CO)OCC[Si](C)(C)C. The highest BCUT2D eigenvalue weighted by molar-refractivity contribution is 6.76. The zero-order valence-corrected chi connectivity index (χ0v) is 9.34. The molecule has 0 aromatic rings. The van der Waals surface area contributed by atoms with Crippen LogP contribution in [0.1, 0.15) is 0 Å². The molecule has 0 radical (unpaired) electrons. The summed E-state index contributed by atoms with van der Waals surface area (Å²) in [6.45, 7) is 11.3. The molecule has 0 aliphatic heterocycles. The molecule has 0 spiro atoms. The Bertz CT molecular complexity index is 129. The fourth-order valence-electron chi connectivity index (χ4n) is 0.712. The number of hydrogen-bond donors (Lipinski definition) is 1. The van der Waals surface area contributed by atoms with Gasteiger partial charge in [0, 0.05) is 14.7 Å². The minimum absolute atomic E-state index is 0.0369. The zero-order valence-electron chi connectivity index (χ0n) is 8.34. The highest BCUT2D eigenvalue weighted by atomic mass is 28.3. The molecule has 3 heteroatoms. The number of aliphatic hydroxyl groups excluding tert-OH is 1.